The maximum atomic E-state index is 12.7. The Morgan fingerprint density at radius 2 is 1.46 bits per heavy atom. The standard InChI is InChI=1S/C28H28N2O5/c1-28(2,26(32)33)15-16-29-25(31)22-13-7-8-14-24(22)30-27(34)35-17-23-20-11-5-3-9-18(20)19-10-4-6-12-21(19)23/h3-14,23H,15-17H2,1-2H3,(H,29,31)(H,30,34)(H,32,33). The smallest absolute Gasteiger partial charge is 0.411 e. The number of amides is 2. The van der Waals surface area contributed by atoms with Crippen molar-refractivity contribution in [1.82, 2.24) is 5.32 Å². The van der Waals surface area contributed by atoms with Crippen LogP contribution in [0.1, 0.15) is 47.7 Å². The molecule has 0 spiro atoms. The molecular formula is C28H28N2O5. The SMILES string of the molecule is CC(C)(CCNC(=O)c1ccccc1NC(=O)OCC1c2ccccc2-c2ccccc21)C(=O)O. The summed E-state index contributed by atoms with van der Waals surface area (Å²) < 4.78 is 5.58. The molecule has 1 aliphatic carbocycles. The Kier molecular flexibility index (Phi) is 6.87. The largest absolute Gasteiger partial charge is 0.481 e. The van der Waals surface area contributed by atoms with Crippen molar-refractivity contribution in [3.05, 3.63) is 89.5 Å². The lowest BCUT2D eigenvalue weighted by atomic mass is 9.89. The molecule has 1 aliphatic rings. The number of carboxylic acids is 1. The summed E-state index contributed by atoms with van der Waals surface area (Å²) in [5, 5.41) is 14.6. The van der Waals surface area contributed by atoms with Crippen LogP contribution >= 0.6 is 0 Å². The second-order valence-electron chi connectivity index (χ2n) is 9.19. The second kappa shape index (κ2) is 10.0. The van der Waals surface area contributed by atoms with Crippen LogP contribution in [0.2, 0.25) is 0 Å². The van der Waals surface area contributed by atoms with Gasteiger partial charge in [0.1, 0.15) is 6.61 Å². The van der Waals surface area contributed by atoms with E-state index in [-0.39, 0.29) is 31.1 Å². The summed E-state index contributed by atoms with van der Waals surface area (Å²) in [6.07, 6.45) is -0.380. The topological polar surface area (TPSA) is 105 Å². The zero-order chi connectivity index (χ0) is 25.0. The fourth-order valence-corrected chi connectivity index (χ4v) is 4.23. The molecule has 0 fully saturated rings. The molecular weight excluding hydrogens is 444 g/mol. The van der Waals surface area contributed by atoms with Gasteiger partial charge in [-0.2, -0.15) is 0 Å². The summed E-state index contributed by atoms with van der Waals surface area (Å²) in [7, 11) is 0. The summed E-state index contributed by atoms with van der Waals surface area (Å²) >= 11 is 0. The third kappa shape index (κ3) is 5.19. The average Bonchev–Trinajstić information content (AvgIpc) is 3.16. The van der Waals surface area contributed by atoms with Crippen molar-refractivity contribution in [2.75, 3.05) is 18.5 Å². The molecule has 0 atom stereocenters. The fraction of sp³-hybridized carbons (Fsp3) is 0.250. The van der Waals surface area contributed by atoms with Crippen molar-refractivity contribution in [1.29, 1.82) is 0 Å². The van der Waals surface area contributed by atoms with Gasteiger partial charge >= 0.3 is 12.1 Å². The van der Waals surface area contributed by atoms with Crippen molar-refractivity contribution in [2.24, 2.45) is 5.41 Å². The number of fused-ring (bicyclic) bond motifs is 3. The highest BCUT2D eigenvalue weighted by Crippen LogP contribution is 2.44. The van der Waals surface area contributed by atoms with Crippen LogP contribution in [0.4, 0.5) is 10.5 Å². The van der Waals surface area contributed by atoms with E-state index in [1.807, 2.05) is 36.4 Å². The minimum atomic E-state index is -0.952. The monoisotopic (exact) mass is 472 g/mol. The molecule has 0 radical (unpaired) electrons. The van der Waals surface area contributed by atoms with E-state index >= 15 is 0 Å². The summed E-state index contributed by atoms with van der Waals surface area (Å²) in [5.41, 5.74) is 4.16. The predicted octanol–water partition coefficient (Wildman–Crippen LogP) is 5.28. The molecule has 0 heterocycles. The van der Waals surface area contributed by atoms with Crippen molar-refractivity contribution in [3.8, 4) is 11.1 Å². The fourth-order valence-electron chi connectivity index (χ4n) is 4.23. The van der Waals surface area contributed by atoms with E-state index in [4.69, 9.17) is 4.74 Å². The maximum absolute atomic E-state index is 12.7. The van der Waals surface area contributed by atoms with Gasteiger partial charge in [-0.05, 0) is 54.7 Å². The van der Waals surface area contributed by atoms with E-state index in [9.17, 15) is 19.5 Å². The Labute approximate surface area is 204 Å². The number of nitrogens with one attached hydrogen (secondary N) is 2. The zero-order valence-corrected chi connectivity index (χ0v) is 19.7. The molecule has 3 aromatic rings. The minimum Gasteiger partial charge on any atom is -0.481 e. The predicted molar refractivity (Wildman–Crippen MR) is 134 cm³/mol. The van der Waals surface area contributed by atoms with E-state index in [2.05, 4.69) is 22.8 Å². The molecule has 7 heteroatoms. The average molecular weight is 473 g/mol. The normalized spacial score (nSPS) is 12.4. The number of hydrogen-bond acceptors (Lipinski definition) is 4. The summed E-state index contributed by atoms with van der Waals surface area (Å²) in [5.74, 6) is -1.39. The van der Waals surface area contributed by atoms with Crippen LogP contribution in [0, 0.1) is 5.41 Å². The molecule has 7 nitrogen and oxygen atoms in total. The quantitative estimate of drug-likeness (QED) is 0.414. The van der Waals surface area contributed by atoms with Crippen LogP contribution in [0.15, 0.2) is 72.8 Å². The number of para-hydroxylation sites is 1. The highest BCUT2D eigenvalue weighted by Gasteiger charge is 2.29. The Bertz CT molecular complexity index is 1220. The van der Waals surface area contributed by atoms with Gasteiger partial charge in [0.2, 0.25) is 0 Å². The lowest BCUT2D eigenvalue weighted by molar-refractivity contribution is -0.147. The van der Waals surface area contributed by atoms with Crippen molar-refractivity contribution < 1.29 is 24.2 Å². The Hall–Kier alpha value is -4.13. The molecule has 35 heavy (non-hydrogen) atoms. The summed E-state index contributed by atoms with van der Waals surface area (Å²) in [6.45, 7) is 3.57. The first-order chi connectivity index (χ1) is 16.8. The minimum absolute atomic E-state index is 0.0655. The van der Waals surface area contributed by atoms with Crippen LogP contribution in [-0.2, 0) is 9.53 Å². The van der Waals surface area contributed by atoms with Gasteiger partial charge in [-0.1, -0.05) is 60.7 Å². The van der Waals surface area contributed by atoms with Gasteiger partial charge in [0.15, 0.2) is 0 Å². The van der Waals surface area contributed by atoms with Crippen LogP contribution < -0.4 is 10.6 Å². The van der Waals surface area contributed by atoms with E-state index in [0.717, 1.165) is 22.3 Å². The lowest BCUT2D eigenvalue weighted by Crippen LogP contribution is -2.32. The molecule has 0 aromatic heterocycles. The number of benzene rings is 3. The molecule has 0 bridgehead atoms. The first-order valence-electron chi connectivity index (χ1n) is 11.5. The van der Waals surface area contributed by atoms with Crippen molar-refractivity contribution in [2.45, 2.75) is 26.2 Å². The molecule has 180 valence electrons. The lowest BCUT2D eigenvalue weighted by Gasteiger charge is -2.19. The molecule has 0 saturated heterocycles. The molecule has 0 aliphatic heterocycles. The molecule has 0 unspecified atom stereocenters. The van der Waals surface area contributed by atoms with Gasteiger partial charge < -0.3 is 15.2 Å². The first-order valence-corrected chi connectivity index (χ1v) is 11.5. The van der Waals surface area contributed by atoms with Crippen LogP contribution in [0.3, 0.4) is 0 Å². The molecule has 0 saturated carbocycles. The van der Waals surface area contributed by atoms with Crippen LogP contribution in [0.25, 0.3) is 11.1 Å². The van der Waals surface area contributed by atoms with Gasteiger partial charge in [0.05, 0.1) is 16.7 Å². The Morgan fingerprint density at radius 1 is 0.886 bits per heavy atom. The molecule has 3 aromatic carbocycles. The third-order valence-electron chi connectivity index (χ3n) is 6.37. The van der Waals surface area contributed by atoms with Crippen LogP contribution in [0.5, 0.6) is 0 Å². The number of anilines is 1. The van der Waals surface area contributed by atoms with E-state index in [1.54, 1.807) is 38.1 Å². The van der Waals surface area contributed by atoms with Gasteiger partial charge in [0.25, 0.3) is 5.91 Å². The molecule has 2 amide bonds. The van der Waals surface area contributed by atoms with E-state index in [0.29, 0.717) is 5.69 Å². The number of ether oxygens (including phenoxy) is 1. The van der Waals surface area contributed by atoms with Gasteiger partial charge in [-0.25, -0.2) is 4.79 Å². The number of aliphatic carboxylic acids is 1. The molecule has 4 rings (SSSR count). The number of hydrogen-bond donors (Lipinski definition) is 3. The number of carbonyl (C=O) groups is 3. The summed E-state index contributed by atoms with van der Waals surface area (Å²) in [4.78, 5) is 36.6. The van der Waals surface area contributed by atoms with Gasteiger partial charge in [-0.3, -0.25) is 14.9 Å². The number of carbonyl (C=O) groups excluding carboxylic acids is 2. The van der Waals surface area contributed by atoms with Gasteiger partial charge in [-0.15, -0.1) is 0 Å². The Morgan fingerprint density at radius 3 is 2.09 bits per heavy atom. The number of carboxylic acid groups (broad SMARTS) is 1. The van der Waals surface area contributed by atoms with Gasteiger partial charge in [0, 0.05) is 12.5 Å². The zero-order valence-electron chi connectivity index (χ0n) is 19.7. The Balaban J connectivity index is 1.39. The highest BCUT2D eigenvalue weighted by atomic mass is 16.5. The first kappa shape index (κ1) is 24.0. The third-order valence-corrected chi connectivity index (χ3v) is 6.37. The van der Waals surface area contributed by atoms with Crippen molar-refractivity contribution >= 4 is 23.7 Å². The maximum Gasteiger partial charge on any atom is 0.411 e. The van der Waals surface area contributed by atoms with E-state index < -0.39 is 23.4 Å². The molecule has 3 N–H and O–H groups in total. The number of rotatable bonds is 8. The van der Waals surface area contributed by atoms with E-state index in [1.165, 1.54) is 0 Å². The second-order valence-corrected chi connectivity index (χ2v) is 9.19. The highest BCUT2D eigenvalue weighted by molar-refractivity contribution is 6.02. The van der Waals surface area contributed by atoms with Crippen molar-refractivity contribution in [3.63, 3.8) is 0 Å². The summed E-state index contributed by atoms with van der Waals surface area (Å²) in [6, 6.07) is 22.8. The van der Waals surface area contributed by atoms with Crippen LogP contribution in [-0.4, -0.2) is 36.2 Å².